The van der Waals surface area contributed by atoms with E-state index in [1.165, 1.54) is 20.8 Å². The van der Waals surface area contributed by atoms with Crippen LogP contribution >= 0.6 is 12.6 Å². The molecular weight excluding hydrogens is 1210 g/mol. The number of primary amides is 1. The monoisotopic (exact) mass is 1310 g/mol. The lowest BCUT2D eigenvalue weighted by molar-refractivity contribution is -0.143. The normalized spacial score (nSPS) is 15.8. The molecule has 0 aliphatic heterocycles. The number of carbonyl (C=O) groups is 14. The van der Waals surface area contributed by atoms with E-state index in [-0.39, 0.29) is 37.5 Å². The molecule has 0 aliphatic rings. The van der Waals surface area contributed by atoms with Gasteiger partial charge in [0.15, 0.2) is 0 Å². The Bertz CT molecular complexity index is 2640. The summed E-state index contributed by atoms with van der Waals surface area (Å²) < 4.78 is 0. The third kappa shape index (κ3) is 29.2. The average molecular weight is 1310 g/mol. The van der Waals surface area contributed by atoms with Crippen molar-refractivity contribution in [1.82, 2.24) is 63.8 Å². The van der Waals surface area contributed by atoms with Crippen LogP contribution in [0.1, 0.15) is 127 Å². The van der Waals surface area contributed by atoms with Crippen molar-refractivity contribution in [3.8, 4) is 0 Å². The zero-order chi connectivity index (χ0) is 69.4. The number of rotatable bonds is 42. The number of nitrogens with one attached hydrogen (secondary N) is 12. The van der Waals surface area contributed by atoms with Crippen molar-refractivity contribution in [2.45, 2.75) is 200 Å². The van der Waals surface area contributed by atoms with Gasteiger partial charge in [0.25, 0.3) is 0 Å². The third-order valence-electron chi connectivity index (χ3n) is 14.7. The first-order valence-electron chi connectivity index (χ1n) is 30.5. The van der Waals surface area contributed by atoms with Crippen LogP contribution in [0.5, 0.6) is 0 Å². The molecule has 1 rings (SSSR count). The molecule has 14 atom stereocenters. The molecule has 0 heterocycles. The number of amides is 13. The fourth-order valence-corrected chi connectivity index (χ4v) is 8.99. The lowest BCUT2D eigenvalue weighted by Gasteiger charge is -2.30. The first-order valence-corrected chi connectivity index (χ1v) is 31.1. The number of carboxylic acid groups (broad SMARTS) is 1. The lowest BCUT2D eigenvalue weighted by Crippen LogP contribution is -2.62. The molecule has 13 amide bonds. The van der Waals surface area contributed by atoms with Crippen LogP contribution in [-0.4, -0.2) is 191 Å². The van der Waals surface area contributed by atoms with Gasteiger partial charge in [-0.15, -0.1) is 0 Å². The van der Waals surface area contributed by atoms with Gasteiger partial charge in [0, 0.05) is 12.2 Å². The van der Waals surface area contributed by atoms with Crippen molar-refractivity contribution in [2.75, 3.05) is 25.4 Å². The highest BCUT2D eigenvalue weighted by Gasteiger charge is 2.38. The number of aliphatic hydroxyl groups is 1. The summed E-state index contributed by atoms with van der Waals surface area (Å²) in [7, 11) is 0. The van der Waals surface area contributed by atoms with Crippen molar-refractivity contribution in [1.29, 1.82) is 0 Å². The van der Waals surface area contributed by atoms with Crippen LogP contribution in [0.3, 0.4) is 0 Å². The highest BCUT2D eigenvalue weighted by molar-refractivity contribution is 7.80. The molecule has 0 aliphatic carbocycles. The van der Waals surface area contributed by atoms with E-state index in [2.05, 4.69) is 71.1 Å². The summed E-state index contributed by atoms with van der Waals surface area (Å²) in [6, 6.07) is -7.44. The number of aliphatic carboxylic acids is 1. The summed E-state index contributed by atoms with van der Waals surface area (Å²) in [4.78, 5) is 186. The highest BCUT2D eigenvalue weighted by atomic mass is 32.1. The molecule has 0 fully saturated rings. The second-order valence-corrected chi connectivity index (χ2v) is 23.7. The van der Waals surface area contributed by atoms with Gasteiger partial charge < -0.3 is 91.2 Å². The topological polar surface area (TPSA) is 502 Å². The molecule has 0 saturated carbocycles. The summed E-state index contributed by atoms with van der Waals surface area (Å²) >= 11 is 4.13. The summed E-state index contributed by atoms with van der Waals surface area (Å²) in [5, 5.41) is 48.9. The maximum atomic E-state index is 14.4. The van der Waals surface area contributed by atoms with Crippen LogP contribution in [0.4, 0.5) is 0 Å². The third-order valence-corrected chi connectivity index (χ3v) is 15.0. The maximum absolute atomic E-state index is 14.4. The van der Waals surface area contributed by atoms with Gasteiger partial charge in [0.05, 0.1) is 25.6 Å². The number of benzene rings is 1. The minimum absolute atomic E-state index is 0.00970. The largest absolute Gasteiger partial charge is 0.480 e. The van der Waals surface area contributed by atoms with Gasteiger partial charge in [0.2, 0.25) is 76.8 Å². The van der Waals surface area contributed by atoms with Crippen LogP contribution < -0.4 is 81.0 Å². The Morgan fingerprint density at radius 3 is 1.45 bits per heavy atom. The van der Waals surface area contributed by atoms with Crippen LogP contribution in [-0.2, 0) is 73.5 Å². The average Bonchev–Trinajstić information content (AvgIpc) is 3.67. The molecule has 32 heteroatoms. The van der Waals surface area contributed by atoms with Crippen molar-refractivity contribution >= 4 is 95.4 Å². The summed E-state index contributed by atoms with van der Waals surface area (Å²) in [6.07, 6.45) is 0.598. The molecule has 91 heavy (non-hydrogen) atoms. The Morgan fingerprint density at radius 1 is 0.505 bits per heavy atom. The van der Waals surface area contributed by atoms with Crippen LogP contribution in [0.15, 0.2) is 30.3 Å². The van der Waals surface area contributed by atoms with E-state index in [4.69, 9.17) is 17.2 Å². The Balaban J connectivity index is 3.36. The van der Waals surface area contributed by atoms with Gasteiger partial charge in [-0.1, -0.05) is 98.6 Å². The minimum atomic E-state index is -1.79. The molecule has 0 bridgehead atoms. The predicted molar refractivity (Wildman–Crippen MR) is 338 cm³/mol. The van der Waals surface area contributed by atoms with E-state index in [1.807, 2.05) is 5.32 Å². The van der Waals surface area contributed by atoms with E-state index in [0.717, 1.165) is 0 Å². The molecule has 1 aromatic carbocycles. The molecule has 31 nitrogen and oxygen atoms in total. The number of hydrogen-bond donors (Lipinski definition) is 18. The first kappa shape index (κ1) is 81.0. The fourth-order valence-electron chi connectivity index (χ4n) is 8.73. The number of thiol groups is 1. The van der Waals surface area contributed by atoms with Crippen molar-refractivity contribution in [3.05, 3.63) is 35.9 Å². The van der Waals surface area contributed by atoms with Gasteiger partial charge >= 0.3 is 5.97 Å². The Labute approximate surface area is 536 Å². The zero-order valence-corrected chi connectivity index (χ0v) is 54.8. The molecular formula is C59H99N15O16S. The van der Waals surface area contributed by atoms with Crippen molar-refractivity contribution < 1.29 is 77.3 Å². The molecule has 0 spiro atoms. The maximum Gasteiger partial charge on any atom is 0.328 e. The van der Waals surface area contributed by atoms with Gasteiger partial charge in [-0.25, -0.2) is 4.79 Å². The van der Waals surface area contributed by atoms with Gasteiger partial charge in [0.1, 0.15) is 66.5 Å². The van der Waals surface area contributed by atoms with Gasteiger partial charge in [-0.3, -0.25) is 62.3 Å². The Hall–Kier alpha value is -7.97. The second-order valence-electron chi connectivity index (χ2n) is 23.3. The van der Waals surface area contributed by atoms with Crippen molar-refractivity contribution in [2.24, 2.45) is 40.9 Å². The SMILES string of the molecule is CC[C@H](C)[C@H](NC(=O)[C@H](CS)NC(=O)[C@H](C)N)C(=O)N[C@@H](C)C(=O)NCC(=O)N[C@@H](C)C(=O)N[C@@H](Cc1ccccc1)C(=O)N[C@H](C(=O)N[C@@H](CCCCN)C(=O)N[C@H](C(=O)N[C@@H](CC(C)C)C(=O)N[C@@H](CC(N)=O)C(=O)N[C@@H](CO)C(=O)O)[C@@H](C)CC)C(C)C. The van der Waals surface area contributed by atoms with Crippen LogP contribution in [0.2, 0.25) is 0 Å². The molecule has 512 valence electrons. The molecule has 0 saturated heterocycles. The number of hydrogen-bond acceptors (Lipinski definition) is 18. The first-order chi connectivity index (χ1) is 42.7. The van der Waals surface area contributed by atoms with E-state index < -0.39 is 193 Å². The minimum Gasteiger partial charge on any atom is -0.480 e. The number of aliphatic hydroxyl groups excluding tert-OH is 1. The van der Waals surface area contributed by atoms with Crippen molar-refractivity contribution in [3.63, 3.8) is 0 Å². The quantitative estimate of drug-likeness (QED) is 0.0218. The summed E-state index contributed by atoms with van der Waals surface area (Å²) in [6.45, 7) is 16.2. The molecule has 0 unspecified atom stereocenters. The van der Waals surface area contributed by atoms with E-state index in [1.54, 1.807) is 85.7 Å². The van der Waals surface area contributed by atoms with E-state index in [0.29, 0.717) is 31.2 Å². The van der Waals surface area contributed by atoms with Gasteiger partial charge in [-0.05, 0) is 82.2 Å². The van der Waals surface area contributed by atoms with E-state index >= 15 is 0 Å². The predicted octanol–water partition coefficient (Wildman–Crippen LogP) is -4.13. The molecule has 20 N–H and O–H groups in total. The highest BCUT2D eigenvalue weighted by Crippen LogP contribution is 2.15. The molecule has 1 aromatic rings. The number of carboxylic acids is 1. The van der Waals surface area contributed by atoms with Gasteiger partial charge in [-0.2, -0.15) is 12.6 Å². The molecule has 0 aromatic heterocycles. The lowest BCUT2D eigenvalue weighted by atomic mass is 9.95. The smallest absolute Gasteiger partial charge is 0.328 e. The summed E-state index contributed by atoms with van der Waals surface area (Å²) in [5.41, 5.74) is 17.3. The standard InChI is InChI=1S/C59H99N15O16S/c1-12-31(7)46(74-55(85)42(28-91)71-48(78)33(9)61)57(87)65-34(10)49(79)63-26-44(77)64-35(11)50(80)67-39(24-36-19-15-14-16-20-36)54(84)72-45(30(5)6)56(86)66-37(21-17-18-22-60)51(81)73-47(32(8)13-2)58(88)69-38(23-29(3)4)52(82)68-40(25-43(62)76)53(83)70-41(27-75)59(89)90/h14-16,19-20,29-35,37-42,45-47,75,91H,12-13,17-18,21-28,60-61H2,1-11H3,(H2,62,76)(H,63,79)(H,64,77)(H,65,87)(H,66,86)(H,67,80)(H,68,82)(H,69,88)(H,70,83)(H,71,78)(H,72,84)(H,73,81)(H,74,85)(H,89,90)/t31-,32-,33-,34-,35-,37-,38-,39-,40-,41-,42-,45-,46-,47-/m0/s1. The number of unbranched alkanes of at least 4 members (excludes halogenated alkanes) is 1. The Morgan fingerprint density at radius 2 is 0.956 bits per heavy atom. The number of nitrogens with two attached hydrogens (primary N) is 3. The Kier molecular flexibility index (Phi) is 36.9. The van der Waals surface area contributed by atoms with E-state index in [9.17, 15) is 77.3 Å². The van der Waals surface area contributed by atoms with Crippen LogP contribution in [0, 0.1) is 23.7 Å². The number of carbonyl (C=O) groups excluding carboxylic acids is 13. The second kappa shape index (κ2) is 41.4. The molecule has 0 radical (unpaired) electrons. The zero-order valence-electron chi connectivity index (χ0n) is 53.9. The summed E-state index contributed by atoms with van der Waals surface area (Å²) in [5.74, 6) is -14.6. The fraction of sp³-hybridized carbons (Fsp3) is 0.661. The van der Waals surface area contributed by atoms with Crippen LogP contribution in [0.25, 0.3) is 0 Å².